The van der Waals surface area contributed by atoms with Gasteiger partial charge in [0.1, 0.15) is 5.82 Å². The van der Waals surface area contributed by atoms with Crippen molar-refractivity contribution in [3.05, 3.63) is 29.1 Å². The standard InChI is InChI=1S/C16H22FN3O/c1-10-6-12(18)7-14(15(10)17)16(21)19-8-11-4-5-20(9-11)13-2-3-13/h6-7,11,13H,2-5,8-9,18H2,1H3,(H,19,21). The van der Waals surface area contributed by atoms with E-state index in [0.29, 0.717) is 23.7 Å². The van der Waals surface area contributed by atoms with Gasteiger partial charge in [0, 0.05) is 24.8 Å². The van der Waals surface area contributed by atoms with Crippen molar-refractivity contribution in [1.29, 1.82) is 0 Å². The van der Waals surface area contributed by atoms with Crippen LogP contribution in [0.25, 0.3) is 0 Å². The number of aryl methyl sites for hydroxylation is 1. The van der Waals surface area contributed by atoms with Gasteiger partial charge in [0.2, 0.25) is 0 Å². The molecule has 1 saturated heterocycles. The SMILES string of the molecule is Cc1cc(N)cc(C(=O)NCC2CCN(C3CC3)C2)c1F. The highest BCUT2D eigenvalue weighted by molar-refractivity contribution is 5.95. The molecule has 1 saturated carbocycles. The summed E-state index contributed by atoms with van der Waals surface area (Å²) in [4.78, 5) is 14.6. The molecule has 2 fully saturated rings. The summed E-state index contributed by atoms with van der Waals surface area (Å²) in [7, 11) is 0. The van der Waals surface area contributed by atoms with Crippen LogP contribution in [0.3, 0.4) is 0 Å². The first-order valence-electron chi connectivity index (χ1n) is 7.62. The van der Waals surface area contributed by atoms with Crippen molar-refractivity contribution in [2.45, 2.75) is 32.2 Å². The second-order valence-corrected chi connectivity index (χ2v) is 6.29. The van der Waals surface area contributed by atoms with Crippen molar-refractivity contribution in [3.63, 3.8) is 0 Å². The largest absolute Gasteiger partial charge is 0.399 e. The van der Waals surface area contributed by atoms with Crippen LogP contribution < -0.4 is 11.1 Å². The lowest BCUT2D eigenvalue weighted by Crippen LogP contribution is -2.32. The van der Waals surface area contributed by atoms with E-state index in [0.717, 1.165) is 25.6 Å². The Labute approximate surface area is 124 Å². The Kier molecular flexibility index (Phi) is 3.85. The molecule has 2 aliphatic rings. The van der Waals surface area contributed by atoms with E-state index in [-0.39, 0.29) is 11.5 Å². The van der Waals surface area contributed by atoms with Gasteiger partial charge in [-0.1, -0.05) is 0 Å². The van der Waals surface area contributed by atoms with Crippen LogP contribution in [0.2, 0.25) is 0 Å². The molecule has 1 unspecified atom stereocenters. The molecule has 1 aromatic rings. The molecule has 3 N–H and O–H groups in total. The zero-order chi connectivity index (χ0) is 15.0. The number of carbonyl (C=O) groups excluding carboxylic acids is 1. The van der Waals surface area contributed by atoms with E-state index in [2.05, 4.69) is 10.2 Å². The van der Waals surface area contributed by atoms with Gasteiger partial charge in [0.05, 0.1) is 5.56 Å². The molecule has 0 bridgehead atoms. The van der Waals surface area contributed by atoms with Crippen LogP contribution in [0.1, 0.15) is 35.2 Å². The van der Waals surface area contributed by atoms with Gasteiger partial charge in [0.15, 0.2) is 0 Å². The predicted molar refractivity (Wildman–Crippen MR) is 80.6 cm³/mol. The molecule has 1 atom stereocenters. The maximum absolute atomic E-state index is 14.0. The van der Waals surface area contributed by atoms with Gasteiger partial charge in [-0.3, -0.25) is 4.79 Å². The zero-order valence-electron chi connectivity index (χ0n) is 12.4. The van der Waals surface area contributed by atoms with Crippen LogP contribution in [0.5, 0.6) is 0 Å². The van der Waals surface area contributed by atoms with E-state index in [9.17, 15) is 9.18 Å². The van der Waals surface area contributed by atoms with E-state index in [4.69, 9.17) is 5.73 Å². The highest BCUT2D eigenvalue weighted by atomic mass is 19.1. The molecule has 3 rings (SSSR count). The fourth-order valence-electron chi connectivity index (χ4n) is 3.10. The second-order valence-electron chi connectivity index (χ2n) is 6.29. The Morgan fingerprint density at radius 2 is 2.19 bits per heavy atom. The average Bonchev–Trinajstić information content (AvgIpc) is 3.19. The maximum atomic E-state index is 14.0. The third kappa shape index (κ3) is 3.18. The van der Waals surface area contributed by atoms with Gasteiger partial charge in [-0.25, -0.2) is 4.39 Å². The molecule has 21 heavy (non-hydrogen) atoms. The number of halogens is 1. The second kappa shape index (κ2) is 5.64. The number of hydrogen-bond donors (Lipinski definition) is 2. The predicted octanol–water partition coefficient (Wildman–Crippen LogP) is 1.93. The lowest BCUT2D eigenvalue weighted by molar-refractivity contribution is 0.0943. The van der Waals surface area contributed by atoms with Crippen LogP contribution in [0, 0.1) is 18.7 Å². The van der Waals surface area contributed by atoms with E-state index in [1.165, 1.54) is 25.0 Å². The third-order valence-electron chi connectivity index (χ3n) is 4.45. The molecule has 4 nitrogen and oxygen atoms in total. The fraction of sp³-hybridized carbons (Fsp3) is 0.562. The first-order chi connectivity index (χ1) is 10.0. The smallest absolute Gasteiger partial charge is 0.254 e. The number of amides is 1. The molecule has 5 heteroatoms. The van der Waals surface area contributed by atoms with Crippen LogP contribution in [-0.2, 0) is 0 Å². The number of benzene rings is 1. The molecule has 0 spiro atoms. The Hall–Kier alpha value is -1.62. The fourth-order valence-corrected chi connectivity index (χ4v) is 3.10. The minimum absolute atomic E-state index is 0.0459. The van der Waals surface area contributed by atoms with Crippen molar-refractivity contribution >= 4 is 11.6 Å². The van der Waals surface area contributed by atoms with E-state index >= 15 is 0 Å². The zero-order valence-corrected chi connectivity index (χ0v) is 12.4. The topological polar surface area (TPSA) is 58.4 Å². The van der Waals surface area contributed by atoms with E-state index in [1.807, 2.05) is 0 Å². The summed E-state index contributed by atoms with van der Waals surface area (Å²) in [5, 5.41) is 2.85. The minimum Gasteiger partial charge on any atom is -0.399 e. The number of nitrogens with two attached hydrogens (primary N) is 1. The summed E-state index contributed by atoms with van der Waals surface area (Å²) in [5.41, 5.74) is 6.56. The van der Waals surface area contributed by atoms with Gasteiger partial charge in [-0.2, -0.15) is 0 Å². The quantitative estimate of drug-likeness (QED) is 0.833. The molecule has 0 radical (unpaired) electrons. The monoisotopic (exact) mass is 291 g/mol. The van der Waals surface area contributed by atoms with Gasteiger partial charge >= 0.3 is 0 Å². The normalized spacial score (nSPS) is 22.5. The summed E-state index contributed by atoms with van der Waals surface area (Å²) >= 11 is 0. The van der Waals surface area contributed by atoms with Crippen molar-refractivity contribution < 1.29 is 9.18 Å². The van der Waals surface area contributed by atoms with Gasteiger partial charge in [-0.15, -0.1) is 0 Å². The molecule has 1 amide bonds. The van der Waals surface area contributed by atoms with Crippen molar-refractivity contribution in [1.82, 2.24) is 10.2 Å². The number of nitrogens with zero attached hydrogens (tertiary/aromatic N) is 1. The van der Waals surface area contributed by atoms with Crippen molar-refractivity contribution in [2.24, 2.45) is 5.92 Å². The number of nitrogens with one attached hydrogen (secondary N) is 1. The summed E-state index contributed by atoms with van der Waals surface area (Å²) in [5.74, 6) is -0.375. The molecular weight excluding hydrogens is 269 g/mol. The summed E-state index contributed by atoms with van der Waals surface area (Å²) in [6.07, 6.45) is 3.73. The first-order valence-corrected chi connectivity index (χ1v) is 7.62. The maximum Gasteiger partial charge on any atom is 0.254 e. The number of rotatable bonds is 4. The molecule has 1 aliphatic heterocycles. The Morgan fingerprint density at radius 3 is 2.90 bits per heavy atom. The van der Waals surface area contributed by atoms with Crippen LogP contribution in [0.4, 0.5) is 10.1 Å². The molecular formula is C16H22FN3O. The lowest BCUT2D eigenvalue weighted by Gasteiger charge is -2.15. The summed E-state index contributed by atoms with van der Waals surface area (Å²) in [6, 6.07) is 3.72. The van der Waals surface area contributed by atoms with Crippen molar-refractivity contribution in [3.8, 4) is 0 Å². The Morgan fingerprint density at radius 1 is 1.43 bits per heavy atom. The number of hydrogen-bond acceptors (Lipinski definition) is 3. The highest BCUT2D eigenvalue weighted by Crippen LogP contribution is 2.31. The lowest BCUT2D eigenvalue weighted by atomic mass is 10.1. The van der Waals surface area contributed by atoms with E-state index < -0.39 is 5.82 Å². The molecule has 114 valence electrons. The first kappa shape index (κ1) is 14.3. The number of anilines is 1. The van der Waals surface area contributed by atoms with Gasteiger partial charge < -0.3 is 16.0 Å². The number of carbonyl (C=O) groups is 1. The Balaban J connectivity index is 1.57. The van der Waals surface area contributed by atoms with Gasteiger partial charge in [-0.05, 0) is 56.3 Å². The van der Waals surface area contributed by atoms with E-state index in [1.54, 1.807) is 6.92 Å². The molecule has 1 aromatic carbocycles. The molecule has 0 aromatic heterocycles. The summed E-state index contributed by atoms with van der Waals surface area (Å²) < 4.78 is 14.0. The molecule has 1 heterocycles. The third-order valence-corrected chi connectivity index (χ3v) is 4.45. The van der Waals surface area contributed by atoms with Gasteiger partial charge in [0.25, 0.3) is 5.91 Å². The van der Waals surface area contributed by atoms with Crippen LogP contribution in [-0.4, -0.2) is 36.5 Å². The van der Waals surface area contributed by atoms with Crippen LogP contribution in [0.15, 0.2) is 12.1 Å². The summed E-state index contributed by atoms with van der Waals surface area (Å²) in [6.45, 7) is 4.39. The number of nitrogen functional groups attached to an aromatic ring is 1. The number of likely N-dealkylation sites (tertiary alicyclic amines) is 1. The van der Waals surface area contributed by atoms with Crippen molar-refractivity contribution in [2.75, 3.05) is 25.4 Å². The highest BCUT2D eigenvalue weighted by Gasteiger charge is 2.34. The van der Waals surface area contributed by atoms with Crippen LogP contribution >= 0.6 is 0 Å². The Bertz CT molecular complexity index is 557. The minimum atomic E-state index is -0.479. The molecule has 1 aliphatic carbocycles. The average molecular weight is 291 g/mol.